The van der Waals surface area contributed by atoms with Gasteiger partial charge in [0.15, 0.2) is 10.4 Å². The van der Waals surface area contributed by atoms with Gasteiger partial charge in [-0.1, -0.05) is 6.07 Å². The van der Waals surface area contributed by atoms with Gasteiger partial charge in [0.2, 0.25) is 5.91 Å². The highest BCUT2D eigenvalue weighted by atomic mass is 79.9. The predicted molar refractivity (Wildman–Crippen MR) is 79.8 cm³/mol. The fourth-order valence-corrected chi connectivity index (χ4v) is 1.96. The monoisotopic (exact) mass is 336 g/mol. The van der Waals surface area contributed by atoms with E-state index in [9.17, 15) is 9.59 Å². The molecule has 1 heterocycles. The average molecular weight is 337 g/mol. The Balaban J connectivity index is 2.17. The quantitative estimate of drug-likeness (QED) is 0.900. The molecule has 20 heavy (non-hydrogen) atoms. The first kappa shape index (κ1) is 14.3. The predicted octanol–water partition coefficient (Wildman–Crippen LogP) is 3.56. The molecule has 2 aromatic rings. The van der Waals surface area contributed by atoms with Crippen LogP contribution in [0.1, 0.15) is 23.0 Å². The number of amides is 2. The number of benzene rings is 1. The van der Waals surface area contributed by atoms with Gasteiger partial charge in [0.25, 0.3) is 5.91 Å². The van der Waals surface area contributed by atoms with Crippen LogP contribution in [-0.2, 0) is 4.79 Å². The first-order valence-electron chi connectivity index (χ1n) is 5.90. The van der Waals surface area contributed by atoms with Crippen molar-refractivity contribution in [1.82, 2.24) is 0 Å². The Hall–Kier alpha value is -2.08. The third kappa shape index (κ3) is 3.48. The number of anilines is 2. The lowest BCUT2D eigenvalue weighted by Gasteiger charge is -2.09. The molecular weight excluding hydrogens is 324 g/mol. The highest BCUT2D eigenvalue weighted by Gasteiger charge is 2.11. The Morgan fingerprint density at radius 1 is 1.15 bits per heavy atom. The lowest BCUT2D eigenvalue weighted by Crippen LogP contribution is -2.12. The molecule has 0 aliphatic heterocycles. The van der Waals surface area contributed by atoms with E-state index in [1.54, 1.807) is 24.3 Å². The Morgan fingerprint density at radius 2 is 1.90 bits per heavy atom. The van der Waals surface area contributed by atoms with Crippen molar-refractivity contribution in [2.24, 2.45) is 0 Å². The van der Waals surface area contributed by atoms with Crippen LogP contribution < -0.4 is 10.6 Å². The van der Waals surface area contributed by atoms with Crippen molar-refractivity contribution in [2.75, 3.05) is 10.6 Å². The van der Waals surface area contributed by atoms with Crippen LogP contribution in [0.3, 0.4) is 0 Å². The molecule has 104 valence electrons. The van der Waals surface area contributed by atoms with Crippen molar-refractivity contribution in [1.29, 1.82) is 0 Å². The largest absolute Gasteiger partial charge is 0.444 e. The molecule has 0 aliphatic carbocycles. The second-order valence-corrected chi connectivity index (χ2v) is 5.05. The number of nitrogens with one attached hydrogen (secondary N) is 2. The molecule has 1 aromatic carbocycles. The van der Waals surface area contributed by atoms with Crippen LogP contribution in [0, 0.1) is 6.92 Å². The van der Waals surface area contributed by atoms with Crippen molar-refractivity contribution >= 4 is 39.1 Å². The van der Waals surface area contributed by atoms with Crippen LogP contribution >= 0.6 is 15.9 Å². The van der Waals surface area contributed by atoms with Gasteiger partial charge in [-0.2, -0.15) is 0 Å². The molecule has 5 nitrogen and oxygen atoms in total. The minimum absolute atomic E-state index is 0.161. The van der Waals surface area contributed by atoms with Crippen molar-refractivity contribution in [3.8, 4) is 0 Å². The minimum atomic E-state index is -0.353. The molecule has 0 radical (unpaired) electrons. The topological polar surface area (TPSA) is 71.3 Å². The van der Waals surface area contributed by atoms with Crippen LogP contribution in [0.5, 0.6) is 0 Å². The van der Waals surface area contributed by atoms with E-state index in [1.807, 2.05) is 13.0 Å². The molecule has 0 saturated heterocycles. The van der Waals surface area contributed by atoms with Gasteiger partial charge < -0.3 is 15.1 Å². The van der Waals surface area contributed by atoms with Crippen molar-refractivity contribution in [3.63, 3.8) is 0 Å². The molecule has 1 aromatic heterocycles. The van der Waals surface area contributed by atoms with Gasteiger partial charge in [-0.25, -0.2) is 0 Å². The van der Waals surface area contributed by atoms with E-state index < -0.39 is 0 Å². The first-order chi connectivity index (χ1) is 9.45. The SMILES string of the molecule is CC(=O)Nc1cc(NC(=O)c2ccc(Br)o2)ccc1C. The summed E-state index contributed by atoms with van der Waals surface area (Å²) in [6.07, 6.45) is 0. The van der Waals surface area contributed by atoms with Gasteiger partial charge in [0.05, 0.1) is 0 Å². The molecule has 2 rings (SSSR count). The second kappa shape index (κ2) is 5.92. The number of halogens is 1. The number of hydrogen-bond acceptors (Lipinski definition) is 3. The van der Waals surface area contributed by atoms with E-state index in [1.165, 1.54) is 6.92 Å². The fourth-order valence-electron chi connectivity index (χ4n) is 1.65. The zero-order valence-electron chi connectivity index (χ0n) is 11.0. The molecule has 2 amide bonds. The molecule has 0 bridgehead atoms. The summed E-state index contributed by atoms with van der Waals surface area (Å²) in [6, 6.07) is 8.50. The summed E-state index contributed by atoms with van der Waals surface area (Å²) in [5.41, 5.74) is 2.16. The van der Waals surface area contributed by atoms with Gasteiger partial charge in [0.1, 0.15) is 0 Å². The van der Waals surface area contributed by atoms with Crippen molar-refractivity contribution in [3.05, 3.63) is 46.3 Å². The molecular formula is C14H13BrN2O3. The average Bonchev–Trinajstić information content (AvgIpc) is 2.79. The smallest absolute Gasteiger partial charge is 0.291 e. The van der Waals surface area contributed by atoms with Crippen LogP contribution in [0.15, 0.2) is 39.4 Å². The number of furan rings is 1. The lowest BCUT2D eigenvalue weighted by atomic mass is 10.1. The Labute approximate surface area is 124 Å². The maximum Gasteiger partial charge on any atom is 0.291 e. The van der Waals surface area contributed by atoms with Crippen LogP contribution in [0.2, 0.25) is 0 Å². The molecule has 0 atom stereocenters. The molecule has 0 spiro atoms. The molecule has 0 aliphatic rings. The second-order valence-electron chi connectivity index (χ2n) is 4.27. The van der Waals surface area contributed by atoms with E-state index in [2.05, 4.69) is 26.6 Å². The van der Waals surface area contributed by atoms with E-state index in [0.29, 0.717) is 16.0 Å². The highest BCUT2D eigenvalue weighted by Crippen LogP contribution is 2.21. The minimum Gasteiger partial charge on any atom is -0.444 e. The summed E-state index contributed by atoms with van der Waals surface area (Å²) in [6.45, 7) is 3.31. The number of rotatable bonds is 3. The normalized spacial score (nSPS) is 10.2. The number of hydrogen-bond donors (Lipinski definition) is 2. The van der Waals surface area contributed by atoms with Crippen LogP contribution in [-0.4, -0.2) is 11.8 Å². The summed E-state index contributed by atoms with van der Waals surface area (Å²) in [5.74, 6) is -0.307. The summed E-state index contributed by atoms with van der Waals surface area (Å²) >= 11 is 3.14. The van der Waals surface area contributed by atoms with Gasteiger partial charge in [-0.15, -0.1) is 0 Å². The van der Waals surface area contributed by atoms with Crippen LogP contribution in [0.25, 0.3) is 0 Å². The summed E-state index contributed by atoms with van der Waals surface area (Å²) in [5, 5.41) is 5.42. The zero-order chi connectivity index (χ0) is 14.7. The molecule has 0 unspecified atom stereocenters. The van der Waals surface area contributed by atoms with E-state index in [0.717, 1.165) is 5.56 Å². The maximum atomic E-state index is 11.9. The summed E-state index contributed by atoms with van der Waals surface area (Å²) < 4.78 is 5.66. The molecule has 2 N–H and O–H groups in total. The number of carbonyl (C=O) groups is 2. The van der Waals surface area contributed by atoms with Crippen molar-refractivity contribution in [2.45, 2.75) is 13.8 Å². The summed E-state index contributed by atoms with van der Waals surface area (Å²) in [7, 11) is 0. The zero-order valence-corrected chi connectivity index (χ0v) is 12.6. The lowest BCUT2D eigenvalue weighted by molar-refractivity contribution is -0.114. The third-order valence-electron chi connectivity index (χ3n) is 2.60. The maximum absolute atomic E-state index is 11.9. The van der Waals surface area contributed by atoms with Crippen LogP contribution in [0.4, 0.5) is 11.4 Å². The Kier molecular flexibility index (Phi) is 4.24. The Bertz CT molecular complexity index is 664. The summed E-state index contributed by atoms with van der Waals surface area (Å²) in [4.78, 5) is 23.0. The standard InChI is InChI=1S/C14H13BrN2O3/c1-8-3-4-10(7-11(8)16-9(2)18)17-14(19)12-5-6-13(15)20-12/h3-7H,1-2H3,(H,16,18)(H,17,19). The number of carbonyl (C=O) groups excluding carboxylic acids is 2. The van der Waals surface area contributed by atoms with Gasteiger partial charge >= 0.3 is 0 Å². The molecule has 0 fully saturated rings. The van der Waals surface area contributed by atoms with E-state index >= 15 is 0 Å². The van der Waals surface area contributed by atoms with Gasteiger partial charge in [0, 0.05) is 18.3 Å². The van der Waals surface area contributed by atoms with Gasteiger partial charge in [-0.05, 0) is 52.7 Å². The van der Waals surface area contributed by atoms with Gasteiger partial charge in [-0.3, -0.25) is 9.59 Å². The Morgan fingerprint density at radius 3 is 2.50 bits per heavy atom. The third-order valence-corrected chi connectivity index (χ3v) is 3.03. The first-order valence-corrected chi connectivity index (χ1v) is 6.70. The van der Waals surface area contributed by atoms with E-state index in [-0.39, 0.29) is 17.6 Å². The molecule has 6 heteroatoms. The van der Waals surface area contributed by atoms with E-state index in [4.69, 9.17) is 4.42 Å². The molecule has 0 saturated carbocycles. The fraction of sp³-hybridized carbons (Fsp3) is 0.143. The van der Waals surface area contributed by atoms with Crippen molar-refractivity contribution < 1.29 is 14.0 Å². The number of aryl methyl sites for hydroxylation is 1. The highest BCUT2D eigenvalue weighted by molar-refractivity contribution is 9.10.